The van der Waals surface area contributed by atoms with Crippen LogP contribution in [0.25, 0.3) is 10.9 Å². The molecule has 1 N–H and O–H groups in total. The van der Waals surface area contributed by atoms with Crippen molar-refractivity contribution in [3.05, 3.63) is 47.6 Å². The van der Waals surface area contributed by atoms with Crippen LogP contribution in [-0.2, 0) is 21.3 Å². The van der Waals surface area contributed by atoms with E-state index in [1.54, 1.807) is 4.68 Å². The van der Waals surface area contributed by atoms with E-state index in [0.29, 0.717) is 18.4 Å². The van der Waals surface area contributed by atoms with Gasteiger partial charge in [0.2, 0.25) is 5.88 Å². The Bertz CT molecular complexity index is 1430. The van der Waals surface area contributed by atoms with Gasteiger partial charge in [0, 0.05) is 13.0 Å². The van der Waals surface area contributed by atoms with Crippen LogP contribution >= 0.6 is 0 Å². The molecule has 2 aromatic rings. The molecular weight excluding hydrogens is 480 g/mol. The zero-order valence-electron chi connectivity index (χ0n) is 23.3. The number of hydrogen-bond donors (Lipinski definition) is 1. The smallest absolute Gasteiger partial charge is 0.241 e. The molecule has 7 heteroatoms. The molecule has 7 nitrogen and oxygen atoms in total. The number of rotatable bonds is 2. The van der Waals surface area contributed by atoms with Crippen LogP contribution in [-0.4, -0.2) is 50.9 Å². The number of hydrogen-bond acceptors (Lipinski definition) is 6. The molecular formula is C31H38N2O5. The highest BCUT2D eigenvalue weighted by molar-refractivity contribution is 5.95. The Morgan fingerprint density at radius 3 is 2.68 bits per heavy atom. The normalized spacial score (nSPS) is 42.3. The van der Waals surface area contributed by atoms with Crippen molar-refractivity contribution in [3.63, 3.8) is 0 Å². The highest BCUT2D eigenvalue weighted by Gasteiger charge is 2.77. The average molecular weight is 519 g/mol. The molecule has 202 valence electrons. The Kier molecular flexibility index (Phi) is 4.77. The maximum atomic E-state index is 14.8. The van der Waals surface area contributed by atoms with Crippen LogP contribution in [0, 0.1) is 34.5 Å². The van der Waals surface area contributed by atoms with Crippen molar-refractivity contribution in [2.75, 3.05) is 6.61 Å². The quantitative estimate of drug-likeness (QED) is 0.586. The minimum Gasteiger partial charge on any atom is -0.465 e. The second-order valence-electron chi connectivity index (χ2n) is 13.4. The van der Waals surface area contributed by atoms with Gasteiger partial charge in [0.05, 0.1) is 22.9 Å². The van der Waals surface area contributed by atoms with E-state index in [9.17, 15) is 9.90 Å². The number of aromatic nitrogens is 2. The molecule has 1 aliphatic heterocycles. The summed E-state index contributed by atoms with van der Waals surface area (Å²) in [5.74, 6) is -0.0925. The third-order valence-electron chi connectivity index (χ3n) is 10.6. The van der Waals surface area contributed by atoms with E-state index in [1.165, 1.54) is 0 Å². The number of Topliss-reactive ketones (excluding diaryl/α,β-unsaturated/α-hetero) is 1. The van der Waals surface area contributed by atoms with E-state index in [-0.39, 0.29) is 29.0 Å². The first-order valence-corrected chi connectivity index (χ1v) is 13.9. The largest absolute Gasteiger partial charge is 0.465 e. The van der Waals surface area contributed by atoms with E-state index in [0.717, 1.165) is 28.5 Å². The second kappa shape index (κ2) is 7.38. The van der Waals surface area contributed by atoms with Crippen molar-refractivity contribution in [1.82, 2.24) is 9.78 Å². The van der Waals surface area contributed by atoms with Crippen molar-refractivity contribution < 1.29 is 24.1 Å². The molecule has 8 atom stereocenters. The Balaban J connectivity index is 1.43. The van der Waals surface area contributed by atoms with Gasteiger partial charge in [0.1, 0.15) is 6.10 Å². The van der Waals surface area contributed by atoms with Gasteiger partial charge in [-0.1, -0.05) is 45.1 Å². The van der Waals surface area contributed by atoms with Crippen molar-refractivity contribution in [3.8, 4) is 5.88 Å². The molecule has 1 aromatic carbocycles. The first-order valence-electron chi connectivity index (χ1n) is 13.9. The van der Waals surface area contributed by atoms with Crippen molar-refractivity contribution >= 4 is 16.7 Å². The molecule has 3 fully saturated rings. The van der Waals surface area contributed by atoms with Gasteiger partial charge in [-0.15, -0.1) is 5.10 Å². The van der Waals surface area contributed by atoms with Crippen LogP contribution in [0.3, 0.4) is 0 Å². The fourth-order valence-electron chi connectivity index (χ4n) is 8.68. The summed E-state index contributed by atoms with van der Waals surface area (Å²) < 4.78 is 21.2. The Morgan fingerprint density at radius 2 is 1.92 bits per heavy atom. The number of carbonyl (C=O) groups is 1. The van der Waals surface area contributed by atoms with Crippen LogP contribution in [0.5, 0.6) is 5.88 Å². The van der Waals surface area contributed by atoms with Crippen LogP contribution in [0.15, 0.2) is 47.6 Å². The van der Waals surface area contributed by atoms with Gasteiger partial charge in [-0.3, -0.25) is 9.48 Å². The molecule has 1 saturated heterocycles. The van der Waals surface area contributed by atoms with Gasteiger partial charge in [-0.25, -0.2) is 0 Å². The Morgan fingerprint density at radius 1 is 1.18 bits per heavy atom. The van der Waals surface area contributed by atoms with Gasteiger partial charge in [0.15, 0.2) is 23.3 Å². The molecule has 1 aromatic heterocycles. The number of para-hydroxylation sites is 1. The van der Waals surface area contributed by atoms with Crippen LogP contribution in [0.2, 0.25) is 0 Å². The molecule has 0 radical (unpaired) electrons. The number of carbonyl (C=O) groups excluding carboxylic acids is 1. The lowest BCUT2D eigenvalue weighted by molar-refractivity contribution is -0.301. The van der Waals surface area contributed by atoms with E-state index >= 15 is 0 Å². The zero-order valence-corrected chi connectivity index (χ0v) is 23.3. The third-order valence-corrected chi connectivity index (χ3v) is 10.6. The molecule has 5 aliphatic rings. The first-order chi connectivity index (χ1) is 17.8. The van der Waals surface area contributed by atoms with Crippen LogP contribution < -0.4 is 4.74 Å². The lowest BCUT2D eigenvalue weighted by Crippen LogP contribution is -2.68. The molecule has 1 spiro atoms. The highest BCUT2D eigenvalue weighted by Crippen LogP contribution is 2.72. The standard InChI is InChI=1S/C31H38N2O5/c1-16-14-30-17(2)12-21-23(28(21,3)4)20(24(30)34)13-18-15-36-29(5,6)38-26(18)31(30,35)25(16)37-27-19-10-8-9-11-22(19)33(7)32-27/h8-11,13-14,17,20-21,23,25-26,35H,12,15H2,1-7H3/t17-,20+,21-,23+,25+,26-,30+,31-/m1/s1. The molecule has 0 unspecified atom stereocenters. The van der Waals surface area contributed by atoms with E-state index in [4.69, 9.17) is 14.2 Å². The van der Waals surface area contributed by atoms with Crippen molar-refractivity contribution in [2.45, 2.75) is 71.6 Å². The number of fused-ring (bicyclic) bond motifs is 6. The summed E-state index contributed by atoms with van der Waals surface area (Å²) in [7, 11) is 1.88. The van der Waals surface area contributed by atoms with Crippen molar-refractivity contribution in [2.24, 2.45) is 41.5 Å². The van der Waals surface area contributed by atoms with E-state index in [1.807, 2.05) is 58.2 Å². The number of aryl methyl sites for hydroxylation is 1. The summed E-state index contributed by atoms with van der Waals surface area (Å²) in [6.07, 6.45) is 3.43. The molecule has 2 heterocycles. The minimum atomic E-state index is -1.66. The maximum absolute atomic E-state index is 14.8. The lowest BCUT2D eigenvalue weighted by Gasteiger charge is -2.52. The van der Waals surface area contributed by atoms with E-state index in [2.05, 4.69) is 31.9 Å². The highest BCUT2D eigenvalue weighted by atomic mass is 16.7. The number of ether oxygens (including phenoxy) is 3. The predicted molar refractivity (Wildman–Crippen MR) is 142 cm³/mol. The van der Waals surface area contributed by atoms with Crippen LogP contribution in [0.1, 0.15) is 48.0 Å². The fraction of sp³-hybridized carbons (Fsp3) is 0.613. The van der Waals surface area contributed by atoms with Gasteiger partial charge in [-0.05, 0) is 73.6 Å². The fourth-order valence-corrected chi connectivity index (χ4v) is 8.68. The summed E-state index contributed by atoms with van der Waals surface area (Å²) >= 11 is 0. The monoisotopic (exact) mass is 518 g/mol. The molecule has 2 saturated carbocycles. The van der Waals surface area contributed by atoms with Crippen molar-refractivity contribution in [1.29, 1.82) is 0 Å². The summed E-state index contributed by atoms with van der Waals surface area (Å²) in [6.45, 7) is 12.7. The summed E-state index contributed by atoms with van der Waals surface area (Å²) in [5, 5.41) is 18.8. The second-order valence-corrected chi connectivity index (χ2v) is 13.4. The summed E-state index contributed by atoms with van der Waals surface area (Å²) in [4.78, 5) is 14.8. The number of benzene rings is 1. The molecule has 4 aliphatic carbocycles. The van der Waals surface area contributed by atoms with E-state index < -0.39 is 29.0 Å². The first kappa shape index (κ1) is 24.6. The topological polar surface area (TPSA) is 82.8 Å². The third kappa shape index (κ3) is 2.85. The Hall–Kier alpha value is -2.48. The van der Waals surface area contributed by atoms with Gasteiger partial charge in [0.25, 0.3) is 0 Å². The van der Waals surface area contributed by atoms with Gasteiger partial charge >= 0.3 is 0 Å². The van der Waals surface area contributed by atoms with Gasteiger partial charge < -0.3 is 19.3 Å². The Labute approximate surface area is 223 Å². The zero-order chi connectivity index (χ0) is 27.0. The number of allylic oxidation sites excluding steroid dienone is 1. The summed E-state index contributed by atoms with van der Waals surface area (Å²) in [6, 6.07) is 7.89. The SMILES string of the molecule is CC1=C[C@]23C(=O)[C@@H](C=C4COC(C)(C)O[C@H]4[C@]2(O)[C@H]1Oc1nn(C)c2ccccc12)[C@H]1[C@@H](C[C@H]3C)C1(C)C. The number of ketones is 1. The summed E-state index contributed by atoms with van der Waals surface area (Å²) in [5.41, 5.74) is -0.0996. The number of aliphatic hydroxyl groups is 1. The lowest BCUT2D eigenvalue weighted by atomic mass is 9.59. The van der Waals surface area contributed by atoms with Gasteiger partial charge in [-0.2, -0.15) is 0 Å². The molecule has 38 heavy (non-hydrogen) atoms. The average Bonchev–Trinajstić information content (AvgIpc) is 3.17. The predicted octanol–water partition coefficient (Wildman–Crippen LogP) is 4.59. The minimum absolute atomic E-state index is 0.0843. The maximum Gasteiger partial charge on any atom is 0.241 e. The molecule has 7 rings (SSSR count). The number of nitrogens with zero attached hydrogens (tertiary/aromatic N) is 2. The molecule has 2 bridgehead atoms. The molecule has 0 amide bonds. The van der Waals surface area contributed by atoms with Crippen LogP contribution in [0.4, 0.5) is 0 Å².